The van der Waals surface area contributed by atoms with Gasteiger partial charge in [-0.15, -0.1) is 0 Å². The molecule has 0 heterocycles. The van der Waals surface area contributed by atoms with Crippen molar-refractivity contribution in [2.45, 2.75) is 0 Å². The minimum atomic E-state index is -0.189. The molecule has 0 bridgehead atoms. The SMILES string of the molecule is Brc1ccc([Te]c2ccccc2)cc1. The number of rotatable bonds is 2. The Morgan fingerprint density at radius 2 is 1.29 bits per heavy atom. The number of hydrogen-bond donors (Lipinski definition) is 0. The average molecular weight is 361 g/mol. The molecule has 0 aliphatic rings. The summed E-state index contributed by atoms with van der Waals surface area (Å²) in [6.07, 6.45) is 0. The van der Waals surface area contributed by atoms with Crippen LogP contribution < -0.4 is 7.22 Å². The van der Waals surface area contributed by atoms with E-state index in [1.807, 2.05) is 0 Å². The van der Waals surface area contributed by atoms with E-state index in [-0.39, 0.29) is 20.9 Å². The minimum absolute atomic E-state index is 0.189. The summed E-state index contributed by atoms with van der Waals surface area (Å²) in [6, 6.07) is 19.4. The van der Waals surface area contributed by atoms with E-state index in [1.165, 1.54) is 7.22 Å². The van der Waals surface area contributed by atoms with Crippen LogP contribution >= 0.6 is 15.9 Å². The van der Waals surface area contributed by atoms with Crippen molar-refractivity contribution in [3.05, 3.63) is 59.1 Å². The Kier molecular flexibility index (Phi) is 3.64. The van der Waals surface area contributed by atoms with E-state index in [1.54, 1.807) is 0 Å². The van der Waals surface area contributed by atoms with Gasteiger partial charge < -0.3 is 0 Å². The van der Waals surface area contributed by atoms with Gasteiger partial charge in [0.15, 0.2) is 0 Å². The zero-order chi connectivity index (χ0) is 9.80. The Bertz CT molecular complexity index is 394. The van der Waals surface area contributed by atoms with Crippen molar-refractivity contribution in [1.29, 1.82) is 0 Å². The fraction of sp³-hybridized carbons (Fsp3) is 0. The molecular formula is C12H9BrTe. The van der Waals surface area contributed by atoms with Gasteiger partial charge in [0.1, 0.15) is 0 Å². The summed E-state index contributed by atoms with van der Waals surface area (Å²) < 4.78 is 4.12. The molecule has 0 saturated heterocycles. The predicted octanol–water partition coefficient (Wildman–Crippen LogP) is 2.10. The van der Waals surface area contributed by atoms with E-state index in [4.69, 9.17) is 0 Å². The van der Waals surface area contributed by atoms with Crippen LogP contribution in [0.15, 0.2) is 59.1 Å². The normalized spacial score (nSPS) is 10.1. The Morgan fingerprint density at radius 1 is 0.714 bits per heavy atom. The second-order valence-electron chi connectivity index (χ2n) is 2.87. The van der Waals surface area contributed by atoms with Gasteiger partial charge in [0.2, 0.25) is 0 Å². The van der Waals surface area contributed by atoms with Crippen LogP contribution in [0.5, 0.6) is 0 Å². The van der Waals surface area contributed by atoms with Gasteiger partial charge in [-0.3, -0.25) is 0 Å². The first-order chi connectivity index (χ1) is 6.84. The standard InChI is InChI=1S/C12H9BrTe/c13-10-6-8-12(9-7-10)14-11-4-2-1-3-5-11/h1-9H. The third kappa shape index (κ3) is 2.85. The summed E-state index contributed by atoms with van der Waals surface area (Å²) in [5.41, 5.74) is 0. The average Bonchev–Trinajstić information content (AvgIpc) is 2.23. The van der Waals surface area contributed by atoms with Crippen molar-refractivity contribution < 1.29 is 0 Å². The molecule has 2 rings (SSSR count). The summed E-state index contributed by atoms with van der Waals surface area (Å²) >= 11 is 3.26. The first kappa shape index (κ1) is 10.2. The molecule has 0 aromatic heterocycles. The van der Waals surface area contributed by atoms with Crippen molar-refractivity contribution in [3.8, 4) is 0 Å². The molecule has 0 nitrogen and oxygen atoms in total. The third-order valence-corrected chi connectivity index (χ3v) is 5.22. The molecule has 0 N–H and O–H groups in total. The van der Waals surface area contributed by atoms with E-state index < -0.39 is 0 Å². The molecule has 2 heteroatoms. The fourth-order valence-corrected chi connectivity index (χ4v) is 3.78. The summed E-state index contributed by atoms with van der Waals surface area (Å²) in [6.45, 7) is 0. The molecule has 70 valence electrons. The number of halogens is 1. The Balaban J connectivity index is 2.16. The zero-order valence-electron chi connectivity index (χ0n) is 7.48. The first-order valence-electron chi connectivity index (χ1n) is 4.33. The number of hydrogen-bond acceptors (Lipinski definition) is 0. The van der Waals surface area contributed by atoms with Crippen molar-refractivity contribution in [2.75, 3.05) is 0 Å². The molecule has 0 saturated carbocycles. The van der Waals surface area contributed by atoms with Crippen LogP contribution in [0, 0.1) is 0 Å². The molecule has 0 radical (unpaired) electrons. The summed E-state index contributed by atoms with van der Waals surface area (Å²) in [4.78, 5) is 0. The van der Waals surface area contributed by atoms with E-state index in [0.717, 1.165) is 4.47 Å². The molecule has 0 fully saturated rings. The topological polar surface area (TPSA) is 0 Å². The van der Waals surface area contributed by atoms with Crippen LogP contribution in [0.1, 0.15) is 0 Å². The Hall–Kier alpha value is -0.290. The molecule has 14 heavy (non-hydrogen) atoms. The second-order valence-corrected chi connectivity index (χ2v) is 7.06. The summed E-state index contributed by atoms with van der Waals surface area (Å²) in [5.74, 6) is 0. The first-order valence-corrected chi connectivity index (χ1v) is 7.45. The van der Waals surface area contributed by atoms with Crippen LogP contribution in [0.3, 0.4) is 0 Å². The van der Waals surface area contributed by atoms with Crippen LogP contribution in [0.4, 0.5) is 0 Å². The van der Waals surface area contributed by atoms with E-state index in [2.05, 4.69) is 70.5 Å². The third-order valence-electron chi connectivity index (χ3n) is 1.79. The van der Waals surface area contributed by atoms with Gasteiger partial charge in [0.05, 0.1) is 0 Å². The van der Waals surface area contributed by atoms with Crippen LogP contribution in [0.25, 0.3) is 0 Å². The zero-order valence-corrected chi connectivity index (χ0v) is 11.4. The molecule has 2 aromatic rings. The molecular weight excluding hydrogens is 352 g/mol. The van der Waals surface area contributed by atoms with Crippen molar-refractivity contribution in [1.82, 2.24) is 0 Å². The van der Waals surface area contributed by atoms with Crippen LogP contribution in [-0.2, 0) is 0 Å². The molecule has 0 aliphatic carbocycles. The van der Waals surface area contributed by atoms with Gasteiger partial charge in [-0.05, 0) is 0 Å². The molecule has 0 unspecified atom stereocenters. The molecule has 0 aliphatic heterocycles. The van der Waals surface area contributed by atoms with Crippen molar-refractivity contribution >= 4 is 44.1 Å². The Morgan fingerprint density at radius 3 is 1.93 bits per heavy atom. The van der Waals surface area contributed by atoms with Gasteiger partial charge in [0.25, 0.3) is 0 Å². The molecule has 0 amide bonds. The monoisotopic (exact) mass is 362 g/mol. The van der Waals surface area contributed by atoms with Gasteiger partial charge in [-0.1, -0.05) is 0 Å². The van der Waals surface area contributed by atoms with Gasteiger partial charge in [0, 0.05) is 0 Å². The van der Waals surface area contributed by atoms with E-state index >= 15 is 0 Å². The van der Waals surface area contributed by atoms with Crippen LogP contribution in [0.2, 0.25) is 0 Å². The van der Waals surface area contributed by atoms with Gasteiger partial charge in [-0.2, -0.15) is 0 Å². The Labute approximate surface area is 103 Å². The summed E-state index contributed by atoms with van der Waals surface area (Å²) in [5, 5.41) is 0. The predicted molar refractivity (Wildman–Crippen MR) is 65.6 cm³/mol. The second kappa shape index (κ2) is 4.98. The summed E-state index contributed by atoms with van der Waals surface area (Å²) in [7, 11) is 0. The van der Waals surface area contributed by atoms with Gasteiger partial charge in [-0.25, -0.2) is 0 Å². The maximum atomic E-state index is 3.45. The quantitative estimate of drug-likeness (QED) is 0.720. The van der Waals surface area contributed by atoms with Gasteiger partial charge >= 0.3 is 103 Å². The molecule has 0 spiro atoms. The van der Waals surface area contributed by atoms with Crippen molar-refractivity contribution in [2.24, 2.45) is 0 Å². The number of benzene rings is 2. The fourth-order valence-electron chi connectivity index (χ4n) is 1.13. The van der Waals surface area contributed by atoms with Crippen molar-refractivity contribution in [3.63, 3.8) is 0 Å². The van der Waals surface area contributed by atoms with E-state index in [9.17, 15) is 0 Å². The molecule has 2 aromatic carbocycles. The van der Waals surface area contributed by atoms with Crippen LogP contribution in [-0.4, -0.2) is 20.9 Å². The molecule has 0 atom stereocenters. The van der Waals surface area contributed by atoms with E-state index in [0.29, 0.717) is 0 Å². The maximum absolute atomic E-state index is 3.45.